The van der Waals surface area contributed by atoms with Gasteiger partial charge in [-0.1, -0.05) is 44.5 Å². The largest absolute Gasteiger partial charge is 0.373 e. The minimum Gasteiger partial charge on any atom is -0.373 e. The molecule has 0 bridgehead atoms. The number of carbonyl (C=O) groups is 1. The second kappa shape index (κ2) is 8.06. The van der Waals surface area contributed by atoms with E-state index in [0.29, 0.717) is 16.1 Å². The van der Waals surface area contributed by atoms with Crippen LogP contribution in [0.3, 0.4) is 0 Å². The number of carbonyl (C=O) groups excluding carboxylic acids is 1. The minimum atomic E-state index is -1.71. The highest BCUT2D eigenvalue weighted by Crippen LogP contribution is 2.34. The first-order valence-corrected chi connectivity index (χ1v) is 7.80. The van der Waals surface area contributed by atoms with Gasteiger partial charge in [0.1, 0.15) is 0 Å². The Morgan fingerprint density at radius 1 is 1.32 bits per heavy atom. The van der Waals surface area contributed by atoms with E-state index in [1.807, 2.05) is 20.8 Å². The Labute approximate surface area is 137 Å². The molecule has 0 aliphatic rings. The fourth-order valence-electron chi connectivity index (χ4n) is 2.28. The molecule has 1 heterocycles. The van der Waals surface area contributed by atoms with E-state index in [1.54, 1.807) is 43.5 Å². The molecule has 0 amide bonds. The first-order valence-electron chi connectivity index (χ1n) is 7.43. The fourth-order valence-corrected chi connectivity index (χ4v) is 2.46. The number of hydrogen-bond donors (Lipinski definition) is 1. The first-order chi connectivity index (χ1) is 10.5. The van der Waals surface area contributed by atoms with Crippen molar-refractivity contribution < 1.29 is 9.90 Å². The standard InChI is InChI=1S/C16H16ClNO2.C2H6/c1-3-15(19)16(20,12-5-4-8-18-10-12)14-9-13(17)7-6-11(14)2;1-2/h4-10,20H,3H2,1-2H3;1-2H3. The number of aromatic nitrogens is 1. The zero-order valence-electron chi connectivity index (χ0n) is 13.4. The summed E-state index contributed by atoms with van der Waals surface area (Å²) >= 11 is 6.02. The average molecular weight is 320 g/mol. The summed E-state index contributed by atoms with van der Waals surface area (Å²) in [5, 5.41) is 11.6. The van der Waals surface area contributed by atoms with Crippen molar-refractivity contribution in [3.63, 3.8) is 0 Å². The van der Waals surface area contributed by atoms with E-state index >= 15 is 0 Å². The van der Waals surface area contributed by atoms with Crippen LogP contribution in [0, 0.1) is 6.92 Å². The van der Waals surface area contributed by atoms with Crippen molar-refractivity contribution in [3.8, 4) is 0 Å². The zero-order chi connectivity index (χ0) is 16.8. The third-order valence-corrected chi connectivity index (χ3v) is 3.63. The molecule has 0 saturated carbocycles. The van der Waals surface area contributed by atoms with Crippen molar-refractivity contribution in [1.29, 1.82) is 0 Å². The van der Waals surface area contributed by atoms with Crippen LogP contribution in [0.15, 0.2) is 42.7 Å². The maximum atomic E-state index is 12.4. The maximum absolute atomic E-state index is 12.4. The number of Topliss-reactive ketones (excluding diaryl/α,β-unsaturated/α-hetero) is 1. The molecule has 1 unspecified atom stereocenters. The summed E-state index contributed by atoms with van der Waals surface area (Å²) in [5.74, 6) is -0.282. The molecular weight excluding hydrogens is 298 g/mol. The first kappa shape index (κ1) is 18.3. The molecule has 0 aliphatic heterocycles. The van der Waals surface area contributed by atoms with E-state index in [1.165, 1.54) is 6.20 Å². The Morgan fingerprint density at radius 2 is 2.00 bits per heavy atom. The number of aryl methyl sites for hydroxylation is 1. The van der Waals surface area contributed by atoms with Crippen molar-refractivity contribution >= 4 is 17.4 Å². The number of hydrogen-bond acceptors (Lipinski definition) is 3. The molecule has 1 aromatic heterocycles. The van der Waals surface area contributed by atoms with Crippen LogP contribution in [-0.4, -0.2) is 15.9 Å². The fraction of sp³-hybridized carbons (Fsp3) is 0.333. The van der Waals surface area contributed by atoms with Crippen molar-refractivity contribution in [2.75, 3.05) is 0 Å². The number of aliphatic hydroxyl groups is 1. The SMILES string of the molecule is CC.CCC(=O)C(O)(c1cccnc1)c1cc(Cl)ccc1C. The summed E-state index contributed by atoms with van der Waals surface area (Å²) < 4.78 is 0. The van der Waals surface area contributed by atoms with Crippen LogP contribution in [0.2, 0.25) is 5.02 Å². The normalized spacial score (nSPS) is 12.8. The van der Waals surface area contributed by atoms with E-state index in [-0.39, 0.29) is 12.2 Å². The zero-order valence-corrected chi connectivity index (χ0v) is 14.2. The number of halogens is 1. The number of pyridine rings is 1. The van der Waals surface area contributed by atoms with Crippen molar-refractivity contribution in [2.24, 2.45) is 0 Å². The Balaban J connectivity index is 0.00000116. The molecule has 2 rings (SSSR count). The molecule has 1 aromatic carbocycles. The second-order valence-electron chi connectivity index (χ2n) is 4.69. The maximum Gasteiger partial charge on any atom is 0.175 e. The summed E-state index contributed by atoms with van der Waals surface area (Å²) in [6.07, 6.45) is 3.33. The Kier molecular flexibility index (Phi) is 6.72. The third-order valence-electron chi connectivity index (χ3n) is 3.39. The van der Waals surface area contributed by atoms with Gasteiger partial charge in [-0.05, 0) is 30.7 Å². The summed E-state index contributed by atoms with van der Waals surface area (Å²) in [4.78, 5) is 16.4. The molecule has 22 heavy (non-hydrogen) atoms. The Bertz CT molecular complexity index is 628. The van der Waals surface area contributed by atoms with Gasteiger partial charge in [0, 0.05) is 35.0 Å². The van der Waals surface area contributed by atoms with Crippen LogP contribution in [0.25, 0.3) is 0 Å². The Morgan fingerprint density at radius 3 is 2.55 bits per heavy atom. The van der Waals surface area contributed by atoms with E-state index < -0.39 is 5.60 Å². The lowest BCUT2D eigenvalue weighted by Crippen LogP contribution is -2.37. The van der Waals surface area contributed by atoms with E-state index in [4.69, 9.17) is 11.6 Å². The second-order valence-corrected chi connectivity index (χ2v) is 5.12. The molecule has 3 nitrogen and oxygen atoms in total. The van der Waals surface area contributed by atoms with Gasteiger partial charge in [-0.15, -0.1) is 0 Å². The monoisotopic (exact) mass is 319 g/mol. The molecule has 0 aliphatic carbocycles. The van der Waals surface area contributed by atoms with Crippen LogP contribution in [0.5, 0.6) is 0 Å². The molecule has 1 atom stereocenters. The van der Waals surface area contributed by atoms with Crippen LogP contribution < -0.4 is 0 Å². The highest BCUT2D eigenvalue weighted by molar-refractivity contribution is 6.30. The van der Waals surface area contributed by atoms with Crippen molar-refractivity contribution in [2.45, 2.75) is 39.7 Å². The number of benzene rings is 1. The number of nitrogens with zero attached hydrogens (tertiary/aromatic N) is 1. The lowest BCUT2D eigenvalue weighted by molar-refractivity contribution is -0.134. The summed E-state index contributed by atoms with van der Waals surface area (Å²) in [6.45, 7) is 7.57. The topological polar surface area (TPSA) is 50.2 Å². The van der Waals surface area contributed by atoms with Gasteiger partial charge in [-0.2, -0.15) is 0 Å². The van der Waals surface area contributed by atoms with Gasteiger partial charge in [0.05, 0.1) is 0 Å². The van der Waals surface area contributed by atoms with Gasteiger partial charge < -0.3 is 5.11 Å². The molecule has 0 radical (unpaired) electrons. The summed E-state index contributed by atoms with van der Waals surface area (Å²) in [6, 6.07) is 8.56. The molecule has 0 fully saturated rings. The number of rotatable bonds is 4. The van der Waals surface area contributed by atoms with Gasteiger partial charge in [0.15, 0.2) is 11.4 Å². The van der Waals surface area contributed by atoms with Gasteiger partial charge in [0.2, 0.25) is 0 Å². The highest BCUT2D eigenvalue weighted by atomic mass is 35.5. The molecule has 0 spiro atoms. The summed E-state index contributed by atoms with van der Waals surface area (Å²) in [7, 11) is 0. The molecule has 1 N–H and O–H groups in total. The van der Waals surface area contributed by atoms with E-state index in [0.717, 1.165) is 5.56 Å². The van der Waals surface area contributed by atoms with E-state index in [9.17, 15) is 9.90 Å². The minimum absolute atomic E-state index is 0.220. The predicted octanol–water partition coefficient (Wildman–Crippen LogP) is 4.28. The average Bonchev–Trinajstić information content (AvgIpc) is 2.58. The quantitative estimate of drug-likeness (QED) is 0.914. The van der Waals surface area contributed by atoms with Crippen molar-refractivity contribution in [1.82, 2.24) is 4.98 Å². The van der Waals surface area contributed by atoms with Crippen LogP contribution >= 0.6 is 11.6 Å². The van der Waals surface area contributed by atoms with Gasteiger partial charge >= 0.3 is 0 Å². The van der Waals surface area contributed by atoms with Gasteiger partial charge in [-0.3, -0.25) is 9.78 Å². The van der Waals surface area contributed by atoms with E-state index in [2.05, 4.69) is 4.98 Å². The third kappa shape index (κ3) is 3.54. The molecule has 0 saturated heterocycles. The van der Waals surface area contributed by atoms with Crippen molar-refractivity contribution in [3.05, 3.63) is 64.4 Å². The lowest BCUT2D eigenvalue weighted by Gasteiger charge is -2.28. The predicted molar refractivity (Wildman–Crippen MR) is 90.1 cm³/mol. The lowest BCUT2D eigenvalue weighted by atomic mass is 9.80. The van der Waals surface area contributed by atoms with Gasteiger partial charge in [-0.25, -0.2) is 0 Å². The highest BCUT2D eigenvalue weighted by Gasteiger charge is 2.39. The molecule has 4 heteroatoms. The summed E-state index contributed by atoms with van der Waals surface area (Å²) in [5.41, 5.74) is 0.0578. The van der Waals surface area contributed by atoms with Crippen LogP contribution in [-0.2, 0) is 10.4 Å². The Hall–Kier alpha value is -1.71. The smallest absolute Gasteiger partial charge is 0.175 e. The number of ketones is 1. The molecule has 118 valence electrons. The van der Waals surface area contributed by atoms with Crippen LogP contribution in [0.1, 0.15) is 43.9 Å². The van der Waals surface area contributed by atoms with Gasteiger partial charge in [0.25, 0.3) is 0 Å². The molecular formula is C18H22ClNO2. The van der Waals surface area contributed by atoms with Crippen LogP contribution in [0.4, 0.5) is 0 Å². The molecule has 2 aromatic rings.